The molecule has 1 unspecified atom stereocenters. The Bertz CT molecular complexity index is 808. The average Bonchev–Trinajstić information content (AvgIpc) is 2.55. The van der Waals surface area contributed by atoms with Crippen molar-refractivity contribution in [3.05, 3.63) is 65.7 Å². The molecule has 0 aromatic heterocycles. The molecule has 1 aliphatic rings. The van der Waals surface area contributed by atoms with Gasteiger partial charge in [-0.05, 0) is 37.1 Å². The zero-order chi connectivity index (χ0) is 17.9. The summed E-state index contributed by atoms with van der Waals surface area (Å²) in [6.07, 6.45) is 1.56. The van der Waals surface area contributed by atoms with Gasteiger partial charge in [-0.3, -0.25) is 4.90 Å². The lowest BCUT2D eigenvalue weighted by Crippen LogP contribution is -2.47. The monoisotopic (exact) mass is 366 g/mol. The number of sulfonamides is 1. The minimum atomic E-state index is -3.96. The smallest absolute Gasteiger partial charge is 0.241 e. The van der Waals surface area contributed by atoms with Crippen LogP contribution in [0.3, 0.4) is 0 Å². The Morgan fingerprint density at radius 3 is 2.44 bits per heavy atom. The summed E-state index contributed by atoms with van der Waals surface area (Å²) < 4.78 is 54.0. The molecule has 134 valence electrons. The Balaban J connectivity index is 1.67. The molecule has 1 fully saturated rings. The molecule has 0 bridgehead atoms. The van der Waals surface area contributed by atoms with E-state index >= 15 is 0 Å². The molecule has 2 aromatic carbocycles. The van der Waals surface area contributed by atoms with E-state index in [2.05, 4.69) is 9.62 Å². The molecular formula is C18H20F2N2O2S. The molecule has 4 nitrogen and oxygen atoms in total. The molecule has 1 heterocycles. The van der Waals surface area contributed by atoms with Gasteiger partial charge in [0.2, 0.25) is 10.0 Å². The fraction of sp³-hybridized carbons (Fsp3) is 0.333. The first-order valence-electron chi connectivity index (χ1n) is 8.17. The van der Waals surface area contributed by atoms with Crippen LogP contribution in [-0.2, 0) is 16.6 Å². The maximum Gasteiger partial charge on any atom is 0.241 e. The first-order chi connectivity index (χ1) is 11.9. The van der Waals surface area contributed by atoms with Crippen LogP contribution in [0.1, 0.15) is 18.4 Å². The highest BCUT2D eigenvalue weighted by molar-refractivity contribution is 7.89. The molecule has 3 rings (SSSR count). The number of piperidine rings is 1. The first-order valence-corrected chi connectivity index (χ1v) is 9.65. The third kappa shape index (κ3) is 4.84. The maximum atomic E-state index is 13.3. The van der Waals surface area contributed by atoms with Gasteiger partial charge in [0, 0.05) is 25.2 Å². The number of nitrogens with zero attached hydrogens (tertiary/aromatic N) is 1. The number of benzene rings is 2. The molecule has 0 aliphatic carbocycles. The molecule has 1 aliphatic heterocycles. The van der Waals surface area contributed by atoms with Gasteiger partial charge in [-0.15, -0.1) is 0 Å². The van der Waals surface area contributed by atoms with Crippen molar-refractivity contribution < 1.29 is 17.2 Å². The van der Waals surface area contributed by atoms with Crippen LogP contribution in [-0.4, -0.2) is 32.4 Å². The summed E-state index contributed by atoms with van der Waals surface area (Å²) in [4.78, 5) is 1.79. The minimum Gasteiger partial charge on any atom is -0.298 e. The van der Waals surface area contributed by atoms with Crippen LogP contribution in [0.25, 0.3) is 0 Å². The van der Waals surface area contributed by atoms with E-state index in [1.54, 1.807) is 0 Å². The highest BCUT2D eigenvalue weighted by Gasteiger charge is 2.26. The third-order valence-corrected chi connectivity index (χ3v) is 5.72. The Morgan fingerprint density at radius 2 is 1.76 bits per heavy atom. The second kappa shape index (κ2) is 7.59. The van der Waals surface area contributed by atoms with Gasteiger partial charge in [0.25, 0.3) is 0 Å². The van der Waals surface area contributed by atoms with E-state index in [-0.39, 0.29) is 10.9 Å². The topological polar surface area (TPSA) is 49.4 Å². The molecule has 25 heavy (non-hydrogen) atoms. The number of rotatable bonds is 5. The average molecular weight is 366 g/mol. The molecule has 1 atom stereocenters. The van der Waals surface area contributed by atoms with Gasteiger partial charge in [-0.2, -0.15) is 0 Å². The largest absolute Gasteiger partial charge is 0.298 e. The molecule has 7 heteroatoms. The molecule has 0 radical (unpaired) electrons. The Kier molecular flexibility index (Phi) is 5.46. The second-order valence-electron chi connectivity index (χ2n) is 6.29. The first kappa shape index (κ1) is 18.0. The van der Waals surface area contributed by atoms with E-state index in [9.17, 15) is 17.2 Å². The molecule has 2 aromatic rings. The second-order valence-corrected chi connectivity index (χ2v) is 8.00. The molecule has 1 N–H and O–H groups in total. The van der Waals surface area contributed by atoms with Crippen LogP contribution < -0.4 is 4.72 Å². The Morgan fingerprint density at radius 1 is 1.08 bits per heavy atom. The van der Waals surface area contributed by atoms with Gasteiger partial charge in [-0.25, -0.2) is 21.9 Å². The summed E-state index contributed by atoms with van der Waals surface area (Å²) in [5.74, 6) is -1.82. The van der Waals surface area contributed by atoms with Crippen LogP contribution in [0.4, 0.5) is 8.78 Å². The van der Waals surface area contributed by atoms with Crippen LogP contribution >= 0.6 is 0 Å². The maximum absolute atomic E-state index is 13.3. The van der Waals surface area contributed by atoms with Crippen molar-refractivity contribution in [2.45, 2.75) is 30.3 Å². The summed E-state index contributed by atoms with van der Waals surface area (Å²) in [7, 11) is -3.96. The number of likely N-dealkylation sites (tertiary alicyclic amines) is 1. The standard InChI is InChI=1S/C18H20F2N2O2S/c19-15-9-16(20)11-18(10-15)25(23,24)21-17-7-4-8-22(13-17)12-14-5-2-1-3-6-14/h1-3,5-6,9-11,17,21H,4,7-8,12-13H2. The van der Waals surface area contributed by atoms with E-state index in [4.69, 9.17) is 0 Å². The fourth-order valence-electron chi connectivity index (χ4n) is 3.11. The van der Waals surface area contributed by atoms with E-state index < -0.39 is 21.7 Å². The summed E-state index contributed by atoms with van der Waals surface area (Å²) in [5.41, 5.74) is 1.17. The highest BCUT2D eigenvalue weighted by Crippen LogP contribution is 2.18. The van der Waals surface area contributed by atoms with Gasteiger partial charge in [0.15, 0.2) is 0 Å². The van der Waals surface area contributed by atoms with Crippen molar-refractivity contribution in [1.29, 1.82) is 0 Å². The molecule has 0 spiro atoms. The van der Waals surface area contributed by atoms with E-state index in [0.29, 0.717) is 19.0 Å². The summed E-state index contributed by atoms with van der Waals surface area (Å²) in [6.45, 7) is 2.20. The van der Waals surface area contributed by atoms with Crippen molar-refractivity contribution in [2.24, 2.45) is 0 Å². The van der Waals surface area contributed by atoms with E-state index in [0.717, 1.165) is 31.6 Å². The third-order valence-electron chi connectivity index (χ3n) is 4.22. The summed E-state index contributed by atoms with van der Waals surface area (Å²) in [5, 5.41) is 0. The fourth-order valence-corrected chi connectivity index (χ4v) is 4.41. The van der Waals surface area contributed by atoms with E-state index in [1.165, 1.54) is 5.56 Å². The lowest BCUT2D eigenvalue weighted by molar-refractivity contribution is 0.194. The van der Waals surface area contributed by atoms with Crippen molar-refractivity contribution in [2.75, 3.05) is 13.1 Å². The van der Waals surface area contributed by atoms with Gasteiger partial charge in [0.05, 0.1) is 4.90 Å². The van der Waals surface area contributed by atoms with Crippen molar-refractivity contribution in [3.63, 3.8) is 0 Å². The normalized spacial score (nSPS) is 19.0. The number of hydrogen-bond donors (Lipinski definition) is 1. The predicted molar refractivity (Wildman–Crippen MR) is 91.4 cm³/mol. The van der Waals surface area contributed by atoms with Gasteiger partial charge < -0.3 is 0 Å². The summed E-state index contributed by atoms with van der Waals surface area (Å²) >= 11 is 0. The number of hydrogen-bond acceptors (Lipinski definition) is 3. The molecule has 0 amide bonds. The number of nitrogens with one attached hydrogen (secondary N) is 1. The Hall–Kier alpha value is -1.83. The molecular weight excluding hydrogens is 346 g/mol. The van der Waals surface area contributed by atoms with Crippen molar-refractivity contribution in [3.8, 4) is 0 Å². The van der Waals surface area contributed by atoms with Crippen LogP contribution in [0.15, 0.2) is 53.4 Å². The quantitative estimate of drug-likeness (QED) is 0.885. The van der Waals surface area contributed by atoms with Crippen molar-refractivity contribution in [1.82, 2.24) is 9.62 Å². The summed E-state index contributed by atoms with van der Waals surface area (Å²) in [6, 6.07) is 12.0. The van der Waals surface area contributed by atoms with Gasteiger partial charge in [0.1, 0.15) is 11.6 Å². The Labute approximate surface area is 146 Å². The zero-order valence-electron chi connectivity index (χ0n) is 13.7. The highest BCUT2D eigenvalue weighted by atomic mass is 32.2. The van der Waals surface area contributed by atoms with Crippen LogP contribution in [0, 0.1) is 11.6 Å². The number of halogens is 2. The lowest BCUT2D eigenvalue weighted by atomic mass is 10.1. The SMILES string of the molecule is O=S(=O)(NC1CCCN(Cc2ccccc2)C1)c1cc(F)cc(F)c1. The molecule has 1 saturated heterocycles. The lowest BCUT2D eigenvalue weighted by Gasteiger charge is -2.33. The minimum absolute atomic E-state index is 0.284. The zero-order valence-corrected chi connectivity index (χ0v) is 14.5. The van der Waals surface area contributed by atoms with Crippen LogP contribution in [0.2, 0.25) is 0 Å². The van der Waals surface area contributed by atoms with Gasteiger partial charge >= 0.3 is 0 Å². The molecule has 0 saturated carbocycles. The van der Waals surface area contributed by atoms with Crippen LogP contribution in [0.5, 0.6) is 0 Å². The predicted octanol–water partition coefficient (Wildman–Crippen LogP) is 2.91. The van der Waals surface area contributed by atoms with E-state index in [1.807, 2.05) is 30.3 Å². The van der Waals surface area contributed by atoms with Crippen molar-refractivity contribution >= 4 is 10.0 Å². The van der Waals surface area contributed by atoms with Gasteiger partial charge in [-0.1, -0.05) is 30.3 Å².